The third-order valence-electron chi connectivity index (χ3n) is 3.33. The van der Waals surface area contributed by atoms with Crippen molar-refractivity contribution in [3.8, 4) is 0 Å². The van der Waals surface area contributed by atoms with Crippen molar-refractivity contribution in [1.82, 2.24) is 5.32 Å². The van der Waals surface area contributed by atoms with Crippen LogP contribution < -0.4 is 16.8 Å². The fourth-order valence-corrected chi connectivity index (χ4v) is 2.18. The van der Waals surface area contributed by atoms with Crippen molar-refractivity contribution in [3.05, 3.63) is 0 Å². The third-order valence-corrected chi connectivity index (χ3v) is 3.33. The minimum atomic E-state index is -0.825. The van der Waals surface area contributed by atoms with Gasteiger partial charge in [-0.15, -0.1) is 0 Å². The van der Waals surface area contributed by atoms with Gasteiger partial charge in [-0.05, 0) is 18.3 Å². The zero-order chi connectivity index (χ0) is 12.3. The Kier molecular flexibility index (Phi) is 3.91. The van der Waals surface area contributed by atoms with Crippen LogP contribution in [0.25, 0.3) is 0 Å². The molecule has 0 aromatic carbocycles. The van der Waals surface area contributed by atoms with Crippen LogP contribution in [0.1, 0.15) is 39.5 Å². The molecule has 2 unspecified atom stereocenters. The summed E-state index contributed by atoms with van der Waals surface area (Å²) >= 11 is 0. The van der Waals surface area contributed by atoms with Gasteiger partial charge in [0, 0.05) is 6.04 Å². The van der Waals surface area contributed by atoms with E-state index in [-0.39, 0.29) is 23.8 Å². The Morgan fingerprint density at radius 1 is 1.50 bits per heavy atom. The number of carbonyl (C=O) groups excluding carboxylic acids is 2. The normalized spacial score (nSPS) is 25.1. The first-order valence-electron chi connectivity index (χ1n) is 5.67. The lowest BCUT2D eigenvalue weighted by Crippen LogP contribution is -2.49. The average Bonchev–Trinajstić information content (AvgIpc) is 2.44. The van der Waals surface area contributed by atoms with Crippen LogP contribution in [0, 0.1) is 5.41 Å². The third kappa shape index (κ3) is 3.20. The fraction of sp³-hybridized carbons (Fsp3) is 0.818. The van der Waals surface area contributed by atoms with Gasteiger partial charge in [-0.25, -0.2) is 0 Å². The van der Waals surface area contributed by atoms with Gasteiger partial charge < -0.3 is 16.8 Å². The molecule has 2 atom stereocenters. The molecule has 1 saturated carbocycles. The molecule has 1 rings (SSSR count). The molecule has 0 aliphatic heterocycles. The molecule has 1 aliphatic rings. The van der Waals surface area contributed by atoms with Crippen molar-refractivity contribution in [1.29, 1.82) is 0 Å². The second kappa shape index (κ2) is 4.82. The van der Waals surface area contributed by atoms with Crippen molar-refractivity contribution in [3.63, 3.8) is 0 Å². The Bertz CT molecular complexity index is 289. The van der Waals surface area contributed by atoms with Crippen LogP contribution in [-0.2, 0) is 9.59 Å². The topological polar surface area (TPSA) is 98.2 Å². The molecule has 0 heterocycles. The van der Waals surface area contributed by atoms with Crippen LogP contribution in [0.5, 0.6) is 0 Å². The maximum Gasteiger partial charge on any atom is 0.237 e. The first kappa shape index (κ1) is 13.0. The van der Waals surface area contributed by atoms with Crippen LogP contribution in [0.4, 0.5) is 0 Å². The second-order valence-electron chi connectivity index (χ2n) is 5.22. The summed E-state index contributed by atoms with van der Waals surface area (Å²) < 4.78 is 0. The van der Waals surface area contributed by atoms with E-state index in [1.165, 1.54) is 0 Å². The highest BCUT2D eigenvalue weighted by Gasteiger charge is 2.36. The summed E-state index contributed by atoms with van der Waals surface area (Å²) in [5.74, 6) is -0.827. The Morgan fingerprint density at radius 3 is 2.56 bits per heavy atom. The molecule has 2 amide bonds. The largest absolute Gasteiger partial charge is 0.370 e. The van der Waals surface area contributed by atoms with E-state index in [1.54, 1.807) is 0 Å². The maximum absolute atomic E-state index is 11.7. The molecule has 0 aromatic rings. The predicted octanol–water partition coefficient (Wildman–Crippen LogP) is -0.116. The van der Waals surface area contributed by atoms with Gasteiger partial charge in [-0.1, -0.05) is 20.3 Å². The molecule has 0 aromatic heterocycles. The van der Waals surface area contributed by atoms with Gasteiger partial charge in [0.05, 0.1) is 12.5 Å². The van der Waals surface area contributed by atoms with Crippen LogP contribution in [0.3, 0.4) is 0 Å². The van der Waals surface area contributed by atoms with Gasteiger partial charge >= 0.3 is 0 Å². The summed E-state index contributed by atoms with van der Waals surface area (Å²) in [7, 11) is 0. The molecule has 5 N–H and O–H groups in total. The number of hydrogen-bond acceptors (Lipinski definition) is 3. The maximum atomic E-state index is 11.7. The summed E-state index contributed by atoms with van der Waals surface area (Å²) in [5.41, 5.74) is 10.7. The van der Waals surface area contributed by atoms with Crippen molar-refractivity contribution in [2.24, 2.45) is 16.9 Å². The number of hydrogen-bond donors (Lipinski definition) is 3. The van der Waals surface area contributed by atoms with Crippen LogP contribution in [0.15, 0.2) is 0 Å². The number of carbonyl (C=O) groups is 2. The van der Waals surface area contributed by atoms with Gasteiger partial charge in [0.15, 0.2) is 0 Å². The highest BCUT2D eigenvalue weighted by Crippen LogP contribution is 2.37. The van der Waals surface area contributed by atoms with Gasteiger partial charge in [0.1, 0.15) is 0 Å². The molecule has 0 spiro atoms. The van der Waals surface area contributed by atoms with E-state index in [9.17, 15) is 9.59 Å². The van der Waals surface area contributed by atoms with Gasteiger partial charge in [0.2, 0.25) is 11.8 Å². The van der Waals surface area contributed by atoms with Gasteiger partial charge in [0.25, 0.3) is 0 Å². The van der Waals surface area contributed by atoms with Crippen molar-refractivity contribution in [2.75, 3.05) is 0 Å². The molecule has 5 nitrogen and oxygen atoms in total. The van der Waals surface area contributed by atoms with Gasteiger partial charge in [-0.2, -0.15) is 0 Å². The summed E-state index contributed by atoms with van der Waals surface area (Å²) in [5, 5.41) is 2.90. The van der Waals surface area contributed by atoms with E-state index < -0.39 is 11.9 Å². The van der Waals surface area contributed by atoms with Crippen molar-refractivity contribution < 1.29 is 9.59 Å². The smallest absolute Gasteiger partial charge is 0.237 e. The van der Waals surface area contributed by atoms with Crippen molar-refractivity contribution in [2.45, 2.75) is 51.6 Å². The van der Waals surface area contributed by atoms with Gasteiger partial charge in [-0.3, -0.25) is 9.59 Å². The lowest BCUT2D eigenvalue weighted by Gasteiger charge is -2.28. The zero-order valence-electron chi connectivity index (χ0n) is 9.95. The van der Waals surface area contributed by atoms with Crippen molar-refractivity contribution >= 4 is 11.8 Å². The molecular weight excluding hydrogens is 206 g/mol. The zero-order valence-corrected chi connectivity index (χ0v) is 9.95. The van der Waals surface area contributed by atoms with E-state index in [4.69, 9.17) is 11.5 Å². The minimum absolute atomic E-state index is 0.0982. The standard InChI is InChI=1S/C11H21N3O2/c1-11(2)5-3-4-8(11)14-10(16)7(12)6-9(13)15/h7-8H,3-6,12H2,1-2H3,(H2,13,15)(H,14,16). The summed E-state index contributed by atoms with van der Waals surface area (Å²) in [6.07, 6.45) is 3.09. The minimum Gasteiger partial charge on any atom is -0.370 e. The summed E-state index contributed by atoms with van der Waals surface area (Å²) in [6.45, 7) is 4.26. The Hall–Kier alpha value is -1.10. The molecule has 1 aliphatic carbocycles. The van der Waals surface area contributed by atoms with E-state index in [2.05, 4.69) is 19.2 Å². The van der Waals surface area contributed by atoms with E-state index >= 15 is 0 Å². The molecule has 1 fully saturated rings. The predicted molar refractivity (Wildman–Crippen MR) is 61.3 cm³/mol. The lowest BCUT2D eigenvalue weighted by molar-refractivity contribution is -0.127. The van der Waals surface area contributed by atoms with E-state index in [1.807, 2.05) is 0 Å². The number of amides is 2. The van der Waals surface area contributed by atoms with Crippen LogP contribution in [-0.4, -0.2) is 23.9 Å². The highest BCUT2D eigenvalue weighted by atomic mass is 16.2. The molecule has 0 radical (unpaired) electrons. The van der Waals surface area contributed by atoms with Crippen LogP contribution in [0.2, 0.25) is 0 Å². The van der Waals surface area contributed by atoms with Crippen LogP contribution >= 0.6 is 0 Å². The molecular formula is C11H21N3O2. The Balaban J connectivity index is 2.48. The quantitative estimate of drug-likeness (QED) is 0.624. The SMILES string of the molecule is CC1(C)CCCC1NC(=O)C(N)CC(N)=O. The number of nitrogens with two attached hydrogens (primary N) is 2. The molecule has 16 heavy (non-hydrogen) atoms. The highest BCUT2D eigenvalue weighted by molar-refractivity contribution is 5.87. The molecule has 5 heteroatoms. The molecule has 0 saturated heterocycles. The average molecular weight is 227 g/mol. The second-order valence-corrected chi connectivity index (χ2v) is 5.22. The van der Waals surface area contributed by atoms with E-state index in [0.717, 1.165) is 19.3 Å². The number of rotatable bonds is 4. The lowest BCUT2D eigenvalue weighted by atomic mass is 9.87. The Morgan fingerprint density at radius 2 is 2.12 bits per heavy atom. The monoisotopic (exact) mass is 227 g/mol. The molecule has 92 valence electrons. The number of nitrogens with one attached hydrogen (secondary N) is 1. The molecule has 0 bridgehead atoms. The number of primary amides is 1. The van der Waals surface area contributed by atoms with E-state index in [0.29, 0.717) is 0 Å². The fourth-order valence-electron chi connectivity index (χ4n) is 2.18. The summed E-state index contributed by atoms with van der Waals surface area (Å²) in [6, 6.07) is -0.673. The summed E-state index contributed by atoms with van der Waals surface area (Å²) in [4.78, 5) is 22.3. The first-order valence-corrected chi connectivity index (χ1v) is 5.67. The Labute approximate surface area is 95.9 Å². The first-order chi connectivity index (χ1) is 7.33.